The fourth-order valence-corrected chi connectivity index (χ4v) is 2.77. The van der Waals surface area contributed by atoms with Crippen LogP contribution in [0.1, 0.15) is 0 Å². The molecule has 0 saturated carbocycles. The molecule has 90 valence electrons. The number of thiazole rings is 1. The summed E-state index contributed by atoms with van der Waals surface area (Å²) in [4.78, 5) is 4.47. The molecule has 0 saturated heterocycles. The van der Waals surface area contributed by atoms with Crippen molar-refractivity contribution in [3.8, 4) is 0 Å². The Kier molecular flexibility index (Phi) is 4.09. The summed E-state index contributed by atoms with van der Waals surface area (Å²) >= 11 is 8.58. The maximum absolute atomic E-state index is 13.7. The maximum Gasteiger partial charge on any atom is 0.192 e. The summed E-state index contributed by atoms with van der Waals surface area (Å²) in [7, 11) is 1.70. The molecule has 0 aliphatic carbocycles. The van der Waals surface area contributed by atoms with Gasteiger partial charge < -0.3 is 10.0 Å². The molecule has 3 nitrogen and oxygen atoms in total. The number of nitrogens with one attached hydrogen (secondary N) is 2. The standard InChI is InChI=1S/C10H9ClFN3S2/c1-13-8-5-7(12)9(4-6(8)11)17-15-10-14-2-3-16-10/h2-5,13H,1H3,(H,14,15). The summed E-state index contributed by atoms with van der Waals surface area (Å²) in [6, 6.07) is 2.95. The van der Waals surface area contributed by atoms with Gasteiger partial charge in [0, 0.05) is 18.6 Å². The van der Waals surface area contributed by atoms with Crippen LogP contribution in [0.2, 0.25) is 5.02 Å². The van der Waals surface area contributed by atoms with Gasteiger partial charge in [-0.3, -0.25) is 0 Å². The highest BCUT2D eigenvalue weighted by Gasteiger charge is 2.09. The molecule has 1 aromatic heterocycles. The molecule has 0 spiro atoms. The Bertz CT molecular complexity index is 505. The third-order valence-corrected chi connectivity index (χ3v) is 3.93. The fourth-order valence-electron chi connectivity index (χ4n) is 1.17. The number of benzene rings is 1. The van der Waals surface area contributed by atoms with Crippen molar-refractivity contribution in [2.45, 2.75) is 4.90 Å². The molecule has 17 heavy (non-hydrogen) atoms. The lowest BCUT2D eigenvalue weighted by Crippen LogP contribution is -1.94. The lowest BCUT2D eigenvalue weighted by atomic mass is 10.3. The highest BCUT2D eigenvalue weighted by atomic mass is 35.5. The first-order valence-corrected chi connectivity index (χ1v) is 6.77. The van der Waals surface area contributed by atoms with Crippen LogP contribution in [0.3, 0.4) is 0 Å². The van der Waals surface area contributed by atoms with E-state index in [4.69, 9.17) is 11.6 Å². The molecule has 0 bridgehead atoms. The molecule has 0 fully saturated rings. The van der Waals surface area contributed by atoms with Gasteiger partial charge in [0.05, 0.1) is 15.6 Å². The molecular weight excluding hydrogens is 281 g/mol. The number of hydrogen-bond donors (Lipinski definition) is 2. The molecule has 0 amide bonds. The molecule has 0 atom stereocenters. The summed E-state index contributed by atoms with van der Waals surface area (Å²) in [5.74, 6) is -0.326. The lowest BCUT2D eigenvalue weighted by Gasteiger charge is -2.08. The largest absolute Gasteiger partial charge is 0.387 e. The number of halogens is 2. The van der Waals surface area contributed by atoms with Crippen molar-refractivity contribution >= 4 is 45.7 Å². The van der Waals surface area contributed by atoms with E-state index >= 15 is 0 Å². The molecule has 1 heterocycles. The van der Waals surface area contributed by atoms with E-state index in [0.717, 1.165) is 17.1 Å². The van der Waals surface area contributed by atoms with Crippen molar-refractivity contribution in [3.63, 3.8) is 0 Å². The van der Waals surface area contributed by atoms with Crippen LogP contribution in [-0.4, -0.2) is 12.0 Å². The monoisotopic (exact) mass is 289 g/mol. The first-order chi connectivity index (χ1) is 8.20. The summed E-state index contributed by atoms with van der Waals surface area (Å²) in [5.41, 5.74) is 0.572. The lowest BCUT2D eigenvalue weighted by molar-refractivity contribution is 0.603. The second-order valence-electron chi connectivity index (χ2n) is 3.05. The first kappa shape index (κ1) is 12.5. The molecule has 2 rings (SSSR count). The van der Waals surface area contributed by atoms with Gasteiger partial charge in [0.25, 0.3) is 0 Å². The number of anilines is 2. The van der Waals surface area contributed by atoms with Crippen molar-refractivity contribution in [3.05, 3.63) is 34.5 Å². The number of nitrogens with zero attached hydrogens (tertiary/aromatic N) is 1. The minimum absolute atomic E-state index is 0.326. The van der Waals surface area contributed by atoms with E-state index in [1.807, 2.05) is 5.38 Å². The average molecular weight is 290 g/mol. The molecule has 7 heteroatoms. The molecule has 2 aromatic rings. The Morgan fingerprint density at radius 3 is 2.94 bits per heavy atom. The van der Waals surface area contributed by atoms with Crippen LogP contribution in [0, 0.1) is 5.82 Å². The van der Waals surface area contributed by atoms with Gasteiger partial charge in [0.15, 0.2) is 5.13 Å². The topological polar surface area (TPSA) is 37.0 Å². The summed E-state index contributed by atoms with van der Waals surface area (Å²) in [5, 5.41) is 5.87. The van der Waals surface area contributed by atoms with E-state index in [0.29, 0.717) is 15.6 Å². The van der Waals surface area contributed by atoms with E-state index in [2.05, 4.69) is 15.0 Å². The van der Waals surface area contributed by atoms with Crippen LogP contribution in [-0.2, 0) is 0 Å². The van der Waals surface area contributed by atoms with Crippen molar-refractivity contribution in [2.24, 2.45) is 0 Å². The van der Waals surface area contributed by atoms with Crippen molar-refractivity contribution in [1.82, 2.24) is 4.98 Å². The Labute approximate surface area is 112 Å². The van der Waals surface area contributed by atoms with Crippen molar-refractivity contribution in [1.29, 1.82) is 0 Å². The zero-order chi connectivity index (χ0) is 12.3. The second kappa shape index (κ2) is 5.57. The van der Waals surface area contributed by atoms with Gasteiger partial charge in [-0.1, -0.05) is 11.6 Å². The van der Waals surface area contributed by atoms with Gasteiger partial charge in [-0.15, -0.1) is 11.3 Å². The van der Waals surface area contributed by atoms with Crippen LogP contribution in [0.25, 0.3) is 0 Å². The number of hydrogen-bond acceptors (Lipinski definition) is 5. The molecule has 0 unspecified atom stereocenters. The minimum atomic E-state index is -0.326. The molecule has 0 radical (unpaired) electrons. The van der Waals surface area contributed by atoms with E-state index in [-0.39, 0.29) is 5.82 Å². The Morgan fingerprint density at radius 2 is 2.29 bits per heavy atom. The SMILES string of the molecule is CNc1cc(F)c(SNc2nccs2)cc1Cl. The van der Waals surface area contributed by atoms with Crippen LogP contribution < -0.4 is 10.0 Å². The van der Waals surface area contributed by atoms with Crippen LogP contribution in [0.5, 0.6) is 0 Å². The summed E-state index contributed by atoms with van der Waals surface area (Å²) < 4.78 is 16.6. The predicted octanol–water partition coefficient (Wildman–Crippen LogP) is 4.10. The highest BCUT2D eigenvalue weighted by Crippen LogP contribution is 2.31. The summed E-state index contributed by atoms with van der Waals surface area (Å²) in [6.07, 6.45) is 1.68. The molecule has 2 N–H and O–H groups in total. The van der Waals surface area contributed by atoms with Crippen molar-refractivity contribution < 1.29 is 4.39 Å². The third kappa shape index (κ3) is 3.02. The van der Waals surface area contributed by atoms with Gasteiger partial charge in [-0.25, -0.2) is 9.37 Å². The zero-order valence-electron chi connectivity index (χ0n) is 8.83. The van der Waals surface area contributed by atoms with E-state index in [9.17, 15) is 4.39 Å². The normalized spacial score (nSPS) is 10.3. The van der Waals surface area contributed by atoms with Gasteiger partial charge >= 0.3 is 0 Å². The van der Waals surface area contributed by atoms with Crippen LogP contribution >= 0.6 is 34.9 Å². The maximum atomic E-state index is 13.7. The second-order valence-corrected chi connectivity index (χ2v) is 5.20. The van der Waals surface area contributed by atoms with Gasteiger partial charge in [-0.05, 0) is 24.1 Å². The Hall–Kier alpha value is -0.980. The average Bonchev–Trinajstić information content (AvgIpc) is 2.82. The van der Waals surface area contributed by atoms with Gasteiger partial charge in [-0.2, -0.15) is 0 Å². The molecule has 1 aromatic carbocycles. The third-order valence-electron chi connectivity index (χ3n) is 1.97. The van der Waals surface area contributed by atoms with E-state index in [1.54, 1.807) is 19.3 Å². The molecule has 0 aliphatic rings. The smallest absolute Gasteiger partial charge is 0.192 e. The number of aromatic nitrogens is 1. The molecule has 0 aliphatic heterocycles. The van der Waals surface area contributed by atoms with Gasteiger partial charge in [0.2, 0.25) is 0 Å². The predicted molar refractivity (Wildman–Crippen MR) is 72.6 cm³/mol. The summed E-state index contributed by atoms with van der Waals surface area (Å²) in [6.45, 7) is 0. The quantitative estimate of drug-likeness (QED) is 0.831. The number of rotatable bonds is 4. The first-order valence-electron chi connectivity index (χ1n) is 4.70. The van der Waals surface area contributed by atoms with E-state index in [1.165, 1.54) is 17.4 Å². The zero-order valence-corrected chi connectivity index (χ0v) is 11.2. The van der Waals surface area contributed by atoms with E-state index < -0.39 is 0 Å². The van der Waals surface area contributed by atoms with Crippen molar-refractivity contribution in [2.75, 3.05) is 17.1 Å². The van der Waals surface area contributed by atoms with Crippen LogP contribution in [0.15, 0.2) is 28.6 Å². The molecular formula is C10H9ClFN3S2. The fraction of sp³-hybridized carbons (Fsp3) is 0.100. The minimum Gasteiger partial charge on any atom is -0.387 e. The van der Waals surface area contributed by atoms with Gasteiger partial charge in [0.1, 0.15) is 5.82 Å². The highest BCUT2D eigenvalue weighted by molar-refractivity contribution is 8.00. The van der Waals surface area contributed by atoms with Crippen LogP contribution in [0.4, 0.5) is 15.2 Å². The Balaban J connectivity index is 2.13. The Morgan fingerprint density at radius 1 is 1.47 bits per heavy atom.